The van der Waals surface area contributed by atoms with Crippen LogP contribution in [0.4, 0.5) is 10.8 Å². The third-order valence-electron chi connectivity index (χ3n) is 2.29. The molecule has 16 heavy (non-hydrogen) atoms. The number of thiazole rings is 1. The first-order chi connectivity index (χ1) is 7.78. The summed E-state index contributed by atoms with van der Waals surface area (Å²) in [4.78, 5) is 4.41. The van der Waals surface area contributed by atoms with Gasteiger partial charge in [0.05, 0.1) is 12.2 Å². The number of benzene rings is 1. The topological polar surface area (TPSA) is 37.0 Å². The van der Waals surface area contributed by atoms with Crippen LogP contribution in [-0.2, 0) is 6.54 Å². The highest BCUT2D eigenvalue weighted by atomic mass is 32.1. The maximum Gasteiger partial charge on any atom is 0.182 e. The fourth-order valence-electron chi connectivity index (χ4n) is 1.37. The van der Waals surface area contributed by atoms with Crippen molar-refractivity contribution in [1.82, 2.24) is 4.98 Å². The Bertz CT molecular complexity index is 448. The average Bonchev–Trinajstić information content (AvgIpc) is 2.76. The van der Waals surface area contributed by atoms with Crippen LogP contribution in [0.5, 0.6) is 0 Å². The number of aryl methyl sites for hydroxylation is 1. The zero-order chi connectivity index (χ0) is 11.4. The van der Waals surface area contributed by atoms with E-state index >= 15 is 0 Å². The zero-order valence-electron chi connectivity index (χ0n) is 9.45. The number of rotatable bonds is 4. The van der Waals surface area contributed by atoms with Crippen molar-refractivity contribution in [3.05, 3.63) is 40.9 Å². The number of nitrogens with one attached hydrogen (secondary N) is 2. The molecule has 1 aromatic carbocycles. The summed E-state index contributed by atoms with van der Waals surface area (Å²) in [6.45, 7) is 2.85. The molecule has 0 spiro atoms. The van der Waals surface area contributed by atoms with Crippen LogP contribution in [0.2, 0.25) is 0 Å². The SMILES string of the molecule is CNc1nc(CNc2ccc(C)cc2)cs1. The molecule has 84 valence electrons. The lowest BCUT2D eigenvalue weighted by molar-refractivity contribution is 1.07. The van der Waals surface area contributed by atoms with Crippen molar-refractivity contribution in [2.24, 2.45) is 0 Å². The molecule has 2 aromatic rings. The predicted octanol–water partition coefficient (Wildman–Crippen LogP) is 3.11. The lowest BCUT2D eigenvalue weighted by atomic mass is 10.2. The lowest BCUT2D eigenvalue weighted by Crippen LogP contribution is -1.99. The third kappa shape index (κ3) is 2.73. The Labute approximate surface area is 99.5 Å². The van der Waals surface area contributed by atoms with E-state index in [0.29, 0.717) is 0 Å². The van der Waals surface area contributed by atoms with Gasteiger partial charge in [-0.05, 0) is 19.1 Å². The smallest absolute Gasteiger partial charge is 0.182 e. The summed E-state index contributed by atoms with van der Waals surface area (Å²) in [5, 5.41) is 9.40. The molecule has 0 radical (unpaired) electrons. The Balaban J connectivity index is 1.94. The summed E-state index contributed by atoms with van der Waals surface area (Å²) in [5.74, 6) is 0. The summed E-state index contributed by atoms with van der Waals surface area (Å²) in [6, 6.07) is 8.37. The highest BCUT2D eigenvalue weighted by Crippen LogP contribution is 2.16. The van der Waals surface area contributed by atoms with Gasteiger partial charge >= 0.3 is 0 Å². The molecule has 0 amide bonds. The summed E-state index contributed by atoms with van der Waals surface area (Å²) in [6.07, 6.45) is 0. The molecule has 1 aromatic heterocycles. The summed E-state index contributed by atoms with van der Waals surface area (Å²) < 4.78 is 0. The first-order valence-electron chi connectivity index (χ1n) is 5.20. The van der Waals surface area contributed by atoms with E-state index in [-0.39, 0.29) is 0 Å². The minimum Gasteiger partial charge on any atom is -0.379 e. The van der Waals surface area contributed by atoms with Gasteiger partial charge in [-0.1, -0.05) is 17.7 Å². The van der Waals surface area contributed by atoms with E-state index in [2.05, 4.69) is 52.2 Å². The molecule has 2 rings (SSSR count). The highest BCUT2D eigenvalue weighted by Gasteiger charge is 1.99. The second-order valence-electron chi connectivity index (χ2n) is 3.61. The number of anilines is 2. The monoisotopic (exact) mass is 233 g/mol. The van der Waals surface area contributed by atoms with Crippen LogP contribution in [0.3, 0.4) is 0 Å². The molecule has 0 aliphatic heterocycles. The minimum atomic E-state index is 0.765. The molecule has 2 N–H and O–H groups in total. The molecule has 0 aliphatic rings. The van der Waals surface area contributed by atoms with Crippen LogP contribution >= 0.6 is 11.3 Å². The number of aromatic nitrogens is 1. The third-order valence-corrected chi connectivity index (χ3v) is 3.20. The van der Waals surface area contributed by atoms with Gasteiger partial charge in [-0.2, -0.15) is 0 Å². The molecule has 4 heteroatoms. The zero-order valence-corrected chi connectivity index (χ0v) is 10.3. The van der Waals surface area contributed by atoms with Gasteiger partial charge in [0.1, 0.15) is 0 Å². The van der Waals surface area contributed by atoms with Crippen molar-refractivity contribution in [2.75, 3.05) is 17.7 Å². The minimum absolute atomic E-state index is 0.765. The van der Waals surface area contributed by atoms with Gasteiger partial charge in [0, 0.05) is 18.1 Å². The van der Waals surface area contributed by atoms with Gasteiger partial charge in [0.15, 0.2) is 5.13 Å². The first kappa shape index (κ1) is 11.0. The van der Waals surface area contributed by atoms with Crippen molar-refractivity contribution in [3.63, 3.8) is 0 Å². The van der Waals surface area contributed by atoms with Crippen LogP contribution in [0.25, 0.3) is 0 Å². The van der Waals surface area contributed by atoms with Gasteiger partial charge in [-0.3, -0.25) is 0 Å². The molecule has 0 aliphatic carbocycles. The van der Waals surface area contributed by atoms with Crippen LogP contribution in [0, 0.1) is 6.92 Å². The van der Waals surface area contributed by atoms with E-state index in [9.17, 15) is 0 Å². The van der Waals surface area contributed by atoms with Crippen molar-refractivity contribution >= 4 is 22.2 Å². The fraction of sp³-hybridized carbons (Fsp3) is 0.250. The fourth-order valence-corrected chi connectivity index (χ4v) is 2.04. The summed E-state index contributed by atoms with van der Waals surface area (Å²) in [5.41, 5.74) is 3.47. The molecule has 3 nitrogen and oxygen atoms in total. The van der Waals surface area contributed by atoms with Crippen LogP contribution < -0.4 is 10.6 Å². The van der Waals surface area contributed by atoms with Crippen molar-refractivity contribution in [3.8, 4) is 0 Å². The summed E-state index contributed by atoms with van der Waals surface area (Å²) in [7, 11) is 1.88. The van der Waals surface area contributed by atoms with E-state index in [1.54, 1.807) is 11.3 Å². The average molecular weight is 233 g/mol. The number of hydrogen-bond donors (Lipinski definition) is 2. The molecule has 1 heterocycles. The first-order valence-corrected chi connectivity index (χ1v) is 6.08. The second-order valence-corrected chi connectivity index (χ2v) is 4.47. The maximum absolute atomic E-state index is 4.41. The van der Waals surface area contributed by atoms with Gasteiger partial charge in [0.2, 0.25) is 0 Å². The Hall–Kier alpha value is -1.55. The molecular weight excluding hydrogens is 218 g/mol. The van der Waals surface area contributed by atoms with Gasteiger partial charge in [-0.15, -0.1) is 11.3 Å². The molecule has 0 saturated carbocycles. The Morgan fingerprint density at radius 1 is 1.25 bits per heavy atom. The van der Waals surface area contributed by atoms with Crippen molar-refractivity contribution in [2.45, 2.75) is 13.5 Å². The molecule has 0 atom stereocenters. The van der Waals surface area contributed by atoms with Gasteiger partial charge in [-0.25, -0.2) is 4.98 Å². The van der Waals surface area contributed by atoms with Crippen LogP contribution in [0.15, 0.2) is 29.6 Å². The molecule has 0 bridgehead atoms. The van der Waals surface area contributed by atoms with Crippen molar-refractivity contribution < 1.29 is 0 Å². The normalized spacial score (nSPS) is 10.1. The molecule has 0 unspecified atom stereocenters. The Kier molecular flexibility index (Phi) is 3.41. The van der Waals surface area contributed by atoms with E-state index in [1.165, 1.54) is 5.56 Å². The van der Waals surface area contributed by atoms with Gasteiger partial charge in [0.25, 0.3) is 0 Å². The number of hydrogen-bond acceptors (Lipinski definition) is 4. The Morgan fingerprint density at radius 2 is 2.00 bits per heavy atom. The second kappa shape index (κ2) is 4.99. The van der Waals surface area contributed by atoms with E-state index in [1.807, 2.05) is 7.05 Å². The number of nitrogens with zero attached hydrogens (tertiary/aromatic N) is 1. The van der Waals surface area contributed by atoms with Crippen molar-refractivity contribution in [1.29, 1.82) is 0 Å². The van der Waals surface area contributed by atoms with E-state index in [0.717, 1.165) is 23.1 Å². The van der Waals surface area contributed by atoms with Crippen LogP contribution in [0.1, 0.15) is 11.3 Å². The van der Waals surface area contributed by atoms with Crippen LogP contribution in [-0.4, -0.2) is 12.0 Å². The standard InChI is InChI=1S/C12H15N3S/c1-9-3-5-10(6-4-9)14-7-11-8-16-12(13-2)15-11/h3-6,8,14H,7H2,1-2H3,(H,13,15). The molecular formula is C12H15N3S. The lowest BCUT2D eigenvalue weighted by Gasteiger charge is -2.04. The predicted molar refractivity (Wildman–Crippen MR) is 70.2 cm³/mol. The maximum atomic E-state index is 4.41. The largest absolute Gasteiger partial charge is 0.379 e. The highest BCUT2D eigenvalue weighted by molar-refractivity contribution is 7.13. The van der Waals surface area contributed by atoms with E-state index in [4.69, 9.17) is 0 Å². The molecule has 0 fully saturated rings. The van der Waals surface area contributed by atoms with E-state index < -0.39 is 0 Å². The quantitative estimate of drug-likeness (QED) is 0.852. The summed E-state index contributed by atoms with van der Waals surface area (Å²) >= 11 is 1.62. The Morgan fingerprint density at radius 3 is 2.62 bits per heavy atom. The molecule has 0 saturated heterocycles. The van der Waals surface area contributed by atoms with Gasteiger partial charge < -0.3 is 10.6 Å².